The predicted molar refractivity (Wildman–Crippen MR) is 136 cm³/mol. The highest BCUT2D eigenvalue weighted by atomic mass is 35.5. The lowest BCUT2D eigenvalue weighted by Gasteiger charge is -2.66. The second-order valence-corrected chi connectivity index (χ2v) is 9.25. The first-order valence-electron chi connectivity index (χ1n) is 10.7. The summed E-state index contributed by atoms with van der Waals surface area (Å²) in [6, 6.07) is 6.80. The van der Waals surface area contributed by atoms with Gasteiger partial charge in [-0.1, -0.05) is 22.9 Å². The largest absolute Gasteiger partial charge is 0.441 e. The molecular weight excluding hydrogens is 533 g/mol. The number of amides is 2. The van der Waals surface area contributed by atoms with Crippen LogP contribution >= 0.6 is 36.4 Å². The highest BCUT2D eigenvalue weighted by Crippen LogP contribution is 2.67. The molecule has 3 aliphatic rings. The number of anilines is 2. The van der Waals surface area contributed by atoms with Crippen molar-refractivity contribution in [3.05, 3.63) is 47.4 Å². The number of carbonyl (C=O) groups excluding carboxylic acids is 2. The fourth-order valence-electron chi connectivity index (χ4n) is 4.57. The van der Waals surface area contributed by atoms with E-state index < -0.39 is 23.2 Å². The molecule has 36 heavy (non-hydrogen) atoms. The fraction of sp³-hybridized carbons (Fsp3) is 0.364. The minimum Gasteiger partial charge on any atom is -0.441 e. The van der Waals surface area contributed by atoms with Crippen molar-refractivity contribution >= 4 is 59.9 Å². The Kier molecular flexibility index (Phi) is 7.80. The second kappa shape index (κ2) is 10.2. The van der Waals surface area contributed by atoms with Gasteiger partial charge in [0.1, 0.15) is 11.3 Å². The van der Waals surface area contributed by atoms with Gasteiger partial charge in [0.15, 0.2) is 11.5 Å². The number of halogens is 3. The van der Waals surface area contributed by atoms with Gasteiger partial charge in [0.05, 0.1) is 28.6 Å². The predicted octanol–water partition coefficient (Wildman–Crippen LogP) is 3.93. The van der Waals surface area contributed by atoms with Crippen LogP contribution in [0.25, 0.3) is 11.4 Å². The Morgan fingerprint density at radius 2 is 1.89 bits per heavy atom. The maximum Gasteiger partial charge on any atom is 0.413 e. The molecule has 14 heteroatoms. The van der Waals surface area contributed by atoms with Crippen molar-refractivity contribution < 1.29 is 19.4 Å². The maximum atomic E-state index is 12.5. The number of aliphatic hydroxyl groups is 1. The van der Waals surface area contributed by atoms with Crippen LogP contribution in [0.2, 0.25) is 5.15 Å². The average Bonchev–Trinajstić information content (AvgIpc) is 3.11. The lowest BCUT2D eigenvalue weighted by Crippen LogP contribution is -2.71. The summed E-state index contributed by atoms with van der Waals surface area (Å²) in [5.74, 6) is 0.186. The molecule has 3 fully saturated rings. The van der Waals surface area contributed by atoms with Crippen LogP contribution in [0.1, 0.15) is 37.9 Å². The van der Waals surface area contributed by atoms with Gasteiger partial charge >= 0.3 is 6.09 Å². The number of ether oxygens (including phenoxy) is 1. The molecule has 3 heterocycles. The van der Waals surface area contributed by atoms with E-state index in [1.54, 1.807) is 44.4 Å². The zero-order valence-electron chi connectivity index (χ0n) is 19.3. The molecule has 3 aromatic heterocycles. The van der Waals surface area contributed by atoms with Gasteiger partial charge in [0.25, 0.3) is 0 Å². The van der Waals surface area contributed by atoms with Crippen molar-refractivity contribution in [2.45, 2.75) is 37.9 Å². The standard InChI is InChI=1S/C22H22ClN7O4.2ClH/c1-12(14-4-3-7-24-17(14)23)34-20(32)27-18-16(28-29-30(18)2)15-6-5-13(8-25-15)26-19(31)21-9-22(33,10-21)11-21;;/h3-8,12,33H,9-11H2,1-2H3,(H,26,31)(H,27,32);2*1H/t12-,21?,22?;;/m1../s1. The summed E-state index contributed by atoms with van der Waals surface area (Å²) in [7, 11) is 1.62. The first kappa shape index (κ1) is 27.6. The second-order valence-electron chi connectivity index (χ2n) is 8.89. The van der Waals surface area contributed by atoms with E-state index >= 15 is 0 Å². The number of pyridine rings is 2. The molecule has 0 spiro atoms. The molecule has 3 aliphatic carbocycles. The van der Waals surface area contributed by atoms with Gasteiger partial charge in [-0.2, -0.15) is 0 Å². The Morgan fingerprint density at radius 3 is 2.50 bits per heavy atom. The zero-order valence-corrected chi connectivity index (χ0v) is 21.7. The van der Waals surface area contributed by atoms with Crippen molar-refractivity contribution in [1.82, 2.24) is 25.0 Å². The third-order valence-electron chi connectivity index (χ3n) is 6.30. The first-order chi connectivity index (χ1) is 16.2. The Morgan fingerprint density at radius 1 is 1.17 bits per heavy atom. The van der Waals surface area contributed by atoms with Gasteiger partial charge in [-0.25, -0.2) is 14.5 Å². The summed E-state index contributed by atoms with van der Waals surface area (Å²) in [6.45, 7) is 1.69. The maximum absolute atomic E-state index is 12.5. The van der Waals surface area contributed by atoms with Gasteiger partial charge in [0, 0.05) is 18.8 Å². The number of nitrogens with one attached hydrogen (secondary N) is 2. The SMILES string of the molecule is C[C@@H](OC(=O)Nc1c(-c2ccc(NC(=O)C34CC(O)(C3)C4)cn2)nnn1C)c1cccnc1Cl.Cl.Cl. The molecular formula is C22H24Cl3N7O4. The van der Waals surface area contributed by atoms with E-state index in [0.29, 0.717) is 47.7 Å². The third-order valence-corrected chi connectivity index (χ3v) is 6.62. The lowest BCUT2D eigenvalue weighted by molar-refractivity contribution is -0.247. The Hall–Kier alpha value is -2.99. The summed E-state index contributed by atoms with van der Waals surface area (Å²) in [5, 5.41) is 23.7. The molecule has 0 aliphatic heterocycles. The number of aryl methyl sites for hydroxylation is 1. The summed E-state index contributed by atoms with van der Waals surface area (Å²) >= 11 is 6.07. The van der Waals surface area contributed by atoms with Crippen molar-refractivity contribution in [3.63, 3.8) is 0 Å². The van der Waals surface area contributed by atoms with Crippen molar-refractivity contribution in [2.24, 2.45) is 12.5 Å². The fourth-order valence-corrected chi connectivity index (χ4v) is 4.84. The molecule has 1 atom stereocenters. The quantitative estimate of drug-likeness (QED) is 0.387. The van der Waals surface area contributed by atoms with E-state index in [1.807, 2.05) is 0 Å². The molecule has 0 aromatic carbocycles. The Balaban J connectivity index is 0.00000180. The highest BCUT2D eigenvalue weighted by molar-refractivity contribution is 6.30. The van der Waals surface area contributed by atoms with Crippen LogP contribution in [-0.4, -0.2) is 47.7 Å². The van der Waals surface area contributed by atoms with Crippen LogP contribution in [-0.2, 0) is 16.6 Å². The monoisotopic (exact) mass is 555 g/mol. The van der Waals surface area contributed by atoms with Gasteiger partial charge in [-0.05, 0) is 44.4 Å². The normalized spacial score (nSPS) is 22.0. The lowest BCUT2D eigenvalue weighted by atomic mass is 9.41. The summed E-state index contributed by atoms with van der Waals surface area (Å²) in [6.07, 6.45) is 3.23. The van der Waals surface area contributed by atoms with E-state index in [-0.39, 0.29) is 35.9 Å². The summed E-state index contributed by atoms with van der Waals surface area (Å²) in [5.41, 5.74) is 0.807. The number of carbonyl (C=O) groups is 2. The molecule has 2 bridgehead atoms. The van der Waals surface area contributed by atoms with Crippen LogP contribution in [0.15, 0.2) is 36.7 Å². The number of nitrogens with zero attached hydrogens (tertiary/aromatic N) is 5. The van der Waals surface area contributed by atoms with Gasteiger partial charge in [0.2, 0.25) is 5.91 Å². The van der Waals surface area contributed by atoms with E-state index in [4.69, 9.17) is 16.3 Å². The highest BCUT2D eigenvalue weighted by Gasteiger charge is 2.71. The van der Waals surface area contributed by atoms with E-state index in [2.05, 4.69) is 30.9 Å². The van der Waals surface area contributed by atoms with Crippen molar-refractivity contribution in [1.29, 1.82) is 0 Å². The molecule has 2 amide bonds. The molecule has 3 N–H and O–H groups in total. The summed E-state index contributed by atoms with van der Waals surface area (Å²) < 4.78 is 6.82. The molecule has 6 rings (SSSR count). The van der Waals surface area contributed by atoms with Crippen LogP contribution in [0, 0.1) is 5.41 Å². The first-order valence-corrected chi connectivity index (χ1v) is 11.0. The Bertz CT molecular complexity index is 1270. The number of hydrogen-bond donors (Lipinski definition) is 3. The van der Waals surface area contributed by atoms with E-state index in [1.165, 1.54) is 10.9 Å². The van der Waals surface area contributed by atoms with Crippen LogP contribution < -0.4 is 10.6 Å². The van der Waals surface area contributed by atoms with Crippen LogP contribution in [0.4, 0.5) is 16.3 Å². The average molecular weight is 557 g/mol. The minimum atomic E-state index is -0.719. The van der Waals surface area contributed by atoms with Crippen LogP contribution in [0.5, 0.6) is 0 Å². The molecule has 0 radical (unpaired) electrons. The minimum absolute atomic E-state index is 0. The number of rotatable bonds is 6. The number of aromatic nitrogens is 5. The zero-order chi connectivity index (χ0) is 24.1. The van der Waals surface area contributed by atoms with E-state index in [0.717, 1.165) is 0 Å². The smallest absolute Gasteiger partial charge is 0.413 e. The molecule has 0 unspecified atom stereocenters. The topological polar surface area (TPSA) is 144 Å². The Labute approximate surface area is 223 Å². The molecule has 3 saturated carbocycles. The van der Waals surface area contributed by atoms with E-state index in [9.17, 15) is 14.7 Å². The molecule has 0 saturated heterocycles. The summed E-state index contributed by atoms with van der Waals surface area (Å²) in [4.78, 5) is 33.4. The molecule has 11 nitrogen and oxygen atoms in total. The molecule has 3 aromatic rings. The molecule has 192 valence electrons. The van der Waals surface area contributed by atoms with Crippen LogP contribution in [0.3, 0.4) is 0 Å². The van der Waals surface area contributed by atoms with Crippen molar-refractivity contribution in [2.75, 3.05) is 10.6 Å². The third kappa shape index (κ3) is 4.96. The number of hydrogen-bond acceptors (Lipinski definition) is 8. The van der Waals surface area contributed by atoms with Crippen molar-refractivity contribution in [3.8, 4) is 11.4 Å². The van der Waals surface area contributed by atoms with Gasteiger partial charge in [-0.3, -0.25) is 15.1 Å². The van der Waals surface area contributed by atoms with Gasteiger partial charge < -0.3 is 15.2 Å². The van der Waals surface area contributed by atoms with Gasteiger partial charge in [-0.15, -0.1) is 29.9 Å².